The summed E-state index contributed by atoms with van der Waals surface area (Å²) in [5.41, 5.74) is 0.894. The highest BCUT2D eigenvalue weighted by atomic mass is 19.1. The Morgan fingerprint density at radius 1 is 1.45 bits per heavy atom. The third-order valence-corrected chi connectivity index (χ3v) is 1.57. The molecule has 0 aliphatic heterocycles. The third-order valence-electron chi connectivity index (χ3n) is 1.57. The maximum absolute atomic E-state index is 12.9. The lowest BCUT2D eigenvalue weighted by Crippen LogP contribution is -1.99. The normalized spacial score (nSPS) is 9.73. The van der Waals surface area contributed by atoms with Crippen LogP contribution in [0.4, 0.5) is 4.39 Å². The lowest BCUT2D eigenvalue weighted by Gasteiger charge is -2.00. The molecule has 0 bridgehead atoms. The summed E-state index contributed by atoms with van der Waals surface area (Å²) in [7, 11) is 0. The molecular formula is C9H9FO. The van der Waals surface area contributed by atoms with Gasteiger partial charge in [-0.3, -0.25) is 4.79 Å². The fourth-order valence-electron chi connectivity index (χ4n) is 1.08. The van der Waals surface area contributed by atoms with Crippen molar-refractivity contribution in [2.45, 2.75) is 13.8 Å². The van der Waals surface area contributed by atoms with Gasteiger partial charge in [-0.25, -0.2) is 4.39 Å². The lowest BCUT2D eigenvalue weighted by molar-refractivity contribution is 0.101. The number of ketones is 1. The number of aryl methyl sites for hydroxylation is 1. The zero-order valence-corrected chi connectivity index (χ0v) is 6.52. The Morgan fingerprint density at radius 3 is 2.45 bits per heavy atom. The van der Waals surface area contributed by atoms with Crippen molar-refractivity contribution in [3.63, 3.8) is 0 Å². The predicted molar refractivity (Wildman–Crippen MR) is 41.1 cm³/mol. The van der Waals surface area contributed by atoms with Gasteiger partial charge in [-0.1, -0.05) is 12.1 Å². The SMILES string of the molecule is CC(=O)c1c(C)cccc1F. The first-order chi connectivity index (χ1) is 5.13. The molecular weight excluding hydrogens is 143 g/mol. The fraction of sp³-hybridized carbons (Fsp3) is 0.222. The minimum absolute atomic E-state index is 0.201. The largest absolute Gasteiger partial charge is 0.294 e. The number of carbonyl (C=O) groups is 1. The van der Waals surface area contributed by atoms with Crippen LogP contribution in [-0.2, 0) is 0 Å². The van der Waals surface area contributed by atoms with Crippen LogP contribution < -0.4 is 0 Å². The van der Waals surface area contributed by atoms with Gasteiger partial charge in [0.2, 0.25) is 0 Å². The van der Waals surface area contributed by atoms with Gasteiger partial charge in [0.15, 0.2) is 5.78 Å². The topological polar surface area (TPSA) is 17.1 Å². The molecule has 0 aromatic heterocycles. The van der Waals surface area contributed by atoms with Gasteiger partial charge in [-0.05, 0) is 25.5 Å². The van der Waals surface area contributed by atoms with Crippen molar-refractivity contribution < 1.29 is 9.18 Å². The number of rotatable bonds is 1. The quantitative estimate of drug-likeness (QED) is 0.564. The minimum atomic E-state index is -0.433. The van der Waals surface area contributed by atoms with Gasteiger partial charge in [0.25, 0.3) is 0 Å². The van der Waals surface area contributed by atoms with E-state index in [0.29, 0.717) is 5.56 Å². The number of Topliss-reactive ketones (excluding diaryl/α,β-unsaturated/α-hetero) is 1. The van der Waals surface area contributed by atoms with E-state index in [4.69, 9.17) is 0 Å². The summed E-state index contributed by atoms with van der Waals surface area (Å²) in [5, 5.41) is 0. The molecule has 0 aliphatic rings. The van der Waals surface area contributed by atoms with E-state index in [2.05, 4.69) is 0 Å². The Hall–Kier alpha value is -1.18. The van der Waals surface area contributed by atoms with E-state index in [1.165, 1.54) is 13.0 Å². The van der Waals surface area contributed by atoms with Crippen LogP contribution in [0.25, 0.3) is 0 Å². The van der Waals surface area contributed by atoms with Crippen LogP contribution in [0, 0.1) is 12.7 Å². The Kier molecular flexibility index (Phi) is 2.03. The first-order valence-electron chi connectivity index (χ1n) is 3.39. The summed E-state index contributed by atoms with van der Waals surface area (Å²) in [4.78, 5) is 10.8. The molecule has 0 saturated carbocycles. The molecule has 0 amide bonds. The van der Waals surface area contributed by atoms with Crippen LogP contribution in [0.2, 0.25) is 0 Å². The molecule has 1 rings (SSSR count). The molecule has 0 heterocycles. The summed E-state index contributed by atoms with van der Waals surface area (Å²) in [6, 6.07) is 4.61. The maximum atomic E-state index is 12.9. The molecule has 0 aliphatic carbocycles. The Morgan fingerprint density at radius 2 is 2.09 bits per heavy atom. The third kappa shape index (κ3) is 1.45. The maximum Gasteiger partial charge on any atom is 0.163 e. The second kappa shape index (κ2) is 2.82. The van der Waals surface area contributed by atoms with Crippen molar-refractivity contribution in [1.82, 2.24) is 0 Å². The highest BCUT2D eigenvalue weighted by Crippen LogP contribution is 2.12. The minimum Gasteiger partial charge on any atom is -0.294 e. The molecule has 0 fully saturated rings. The van der Waals surface area contributed by atoms with Gasteiger partial charge in [0, 0.05) is 0 Å². The smallest absolute Gasteiger partial charge is 0.163 e. The summed E-state index contributed by atoms with van der Waals surface area (Å²) < 4.78 is 12.9. The van der Waals surface area contributed by atoms with Gasteiger partial charge in [-0.2, -0.15) is 0 Å². The second-order valence-electron chi connectivity index (χ2n) is 2.49. The van der Waals surface area contributed by atoms with Crippen molar-refractivity contribution >= 4 is 5.78 Å². The van der Waals surface area contributed by atoms with E-state index in [1.54, 1.807) is 19.1 Å². The van der Waals surface area contributed by atoms with Crippen LogP contribution in [-0.4, -0.2) is 5.78 Å². The van der Waals surface area contributed by atoms with E-state index < -0.39 is 5.82 Å². The average molecular weight is 152 g/mol. The van der Waals surface area contributed by atoms with Crippen molar-refractivity contribution in [1.29, 1.82) is 0 Å². The van der Waals surface area contributed by atoms with Gasteiger partial charge in [0.1, 0.15) is 5.82 Å². The molecule has 0 radical (unpaired) electrons. The average Bonchev–Trinajstić information content (AvgIpc) is 1.85. The first-order valence-corrected chi connectivity index (χ1v) is 3.39. The predicted octanol–water partition coefficient (Wildman–Crippen LogP) is 2.34. The van der Waals surface area contributed by atoms with E-state index in [-0.39, 0.29) is 11.3 Å². The van der Waals surface area contributed by atoms with Crippen LogP contribution in [0.3, 0.4) is 0 Å². The molecule has 2 heteroatoms. The number of halogens is 1. The van der Waals surface area contributed by atoms with Crippen LogP contribution >= 0.6 is 0 Å². The number of hydrogen-bond acceptors (Lipinski definition) is 1. The molecule has 0 saturated heterocycles. The summed E-state index contributed by atoms with van der Waals surface area (Å²) in [6.07, 6.45) is 0. The van der Waals surface area contributed by atoms with Crippen LogP contribution in [0.15, 0.2) is 18.2 Å². The zero-order valence-electron chi connectivity index (χ0n) is 6.52. The Bertz CT molecular complexity index is 271. The molecule has 1 aromatic rings. The molecule has 0 spiro atoms. The summed E-state index contributed by atoms with van der Waals surface area (Å²) in [5.74, 6) is -0.655. The molecule has 11 heavy (non-hydrogen) atoms. The van der Waals surface area contributed by atoms with Crippen LogP contribution in [0.1, 0.15) is 22.8 Å². The van der Waals surface area contributed by atoms with Gasteiger partial charge in [0.05, 0.1) is 5.56 Å². The highest BCUT2D eigenvalue weighted by molar-refractivity contribution is 5.95. The number of carbonyl (C=O) groups excluding carboxylic acids is 1. The van der Waals surface area contributed by atoms with Crippen LogP contribution in [0.5, 0.6) is 0 Å². The zero-order chi connectivity index (χ0) is 8.43. The lowest BCUT2D eigenvalue weighted by atomic mass is 10.1. The first kappa shape index (κ1) is 7.92. The molecule has 0 N–H and O–H groups in total. The molecule has 1 nitrogen and oxygen atoms in total. The second-order valence-corrected chi connectivity index (χ2v) is 2.49. The van der Waals surface area contributed by atoms with E-state index in [9.17, 15) is 9.18 Å². The van der Waals surface area contributed by atoms with E-state index in [0.717, 1.165) is 0 Å². The van der Waals surface area contributed by atoms with E-state index in [1.807, 2.05) is 0 Å². The number of hydrogen-bond donors (Lipinski definition) is 0. The Balaban J connectivity index is 3.32. The molecule has 1 aromatic carbocycles. The fourth-order valence-corrected chi connectivity index (χ4v) is 1.08. The van der Waals surface area contributed by atoms with Crippen molar-refractivity contribution in [2.24, 2.45) is 0 Å². The molecule has 58 valence electrons. The van der Waals surface area contributed by atoms with Crippen molar-refractivity contribution in [3.05, 3.63) is 35.1 Å². The standard InChI is InChI=1S/C9H9FO/c1-6-4-3-5-8(10)9(6)7(2)11/h3-5H,1-2H3. The summed E-state index contributed by atoms with van der Waals surface area (Å²) in [6.45, 7) is 3.09. The molecule has 0 atom stereocenters. The molecule has 0 unspecified atom stereocenters. The van der Waals surface area contributed by atoms with Crippen molar-refractivity contribution in [3.8, 4) is 0 Å². The van der Waals surface area contributed by atoms with Crippen molar-refractivity contribution in [2.75, 3.05) is 0 Å². The van der Waals surface area contributed by atoms with Gasteiger partial charge >= 0.3 is 0 Å². The Labute approximate surface area is 64.9 Å². The van der Waals surface area contributed by atoms with E-state index >= 15 is 0 Å². The van der Waals surface area contributed by atoms with Gasteiger partial charge < -0.3 is 0 Å². The number of benzene rings is 1. The highest BCUT2D eigenvalue weighted by Gasteiger charge is 2.08. The van der Waals surface area contributed by atoms with Gasteiger partial charge in [-0.15, -0.1) is 0 Å². The monoisotopic (exact) mass is 152 g/mol. The summed E-state index contributed by atoms with van der Waals surface area (Å²) >= 11 is 0.